The lowest BCUT2D eigenvalue weighted by atomic mass is 9.94. The van der Waals surface area contributed by atoms with Gasteiger partial charge >= 0.3 is 0 Å². The first-order valence-corrected chi connectivity index (χ1v) is 5.45. The van der Waals surface area contributed by atoms with Crippen LogP contribution in [0.5, 0.6) is 0 Å². The van der Waals surface area contributed by atoms with Crippen molar-refractivity contribution < 1.29 is 9.63 Å². The smallest absolute Gasteiger partial charge is 0.263 e. The molecule has 2 rings (SSSR count). The van der Waals surface area contributed by atoms with Crippen molar-refractivity contribution in [3.05, 3.63) is 0 Å². The molecule has 2 saturated heterocycles. The summed E-state index contributed by atoms with van der Waals surface area (Å²) in [4.78, 5) is 17.1. The van der Waals surface area contributed by atoms with E-state index in [2.05, 4.69) is 12.2 Å². The van der Waals surface area contributed by atoms with E-state index in [0.29, 0.717) is 12.5 Å². The highest BCUT2D eigenvalue weighted by atomic mass is 16.7. The average Bonchev–Trinajstić information content (AvgIpc) is 2.69. The summed E-state index contributed by atoms with van der Waals surface area (Å²) in [7, 11) is 0. The van der Waals surface area contributed by atoms with Crippen molar-refractivity contribution in [2.75, 3.05) is 19.7 Å². The molecule has 2 aliphatic heterocycles. The Balaban J connectivity index is 1.89. The summed E-state index contributed by atoms with van der Waals surface area (Å²) < 4.78 is 0. The van der Waals surface area contributed by atoms with Crippen LogP contribution in [0.2, 0.25) is 0 Å². The quantitative estimate of drug-likeness (QED) is 0.668. The second-order valence-corrected chi connectivity index (χ2v) is 4.26. The molecule has 0 aromatic rings. The van der Waals surface area contributed by atoms with Crippen LogP contribution in [-0.2, 0) is 9.63 Å². The van der Waals surface area contributed by atoms with Crippen LogP contribution < -0.4 is 5.32 Å². The van der Waals surface area contributed by atoms with Crippen molar-refractivity contribution in [2.45, 2.75) is 32.2 Å². The largest absolute Gasteiger partial charge is 0.306 e. The van der Waals surface area contributed by atoms with E-state index in [0.717, 1.165) is 25.9 Å². The topological polar surface area (TPSA) is 41.6 Å². The molecular weight excluding hydrogens is 180 g/mol. The molecule has 80 valence electrons. The summed E-state index contributed by atoms with van der Waals surface area (Å²) in [6.45, 7) is 4.59. The molecule has 0 spiro atoms. The number of hydrogen-bond donors (Lipinski definition) is 1. The summed E-state index contributed by atoms with van der Waals surface area (Å²) in [5, 5.41) is 4.78. The Hall–Kier alpha value is -0.610. The maximum atomic E-state index is 11.9. The van der Waals surface area contributed by atoms with Gasteiger partial charge in [-0.05, 0) is 31.7 Å². The minimum absolute atomic E-state index is 0.0168. The van der Waals surface area contributed by atoms with Crippen LogP contribution in [0.3, 0.4) is 0 Å². The van der Waals surface area contributed by atoms with Crippen molar-refractivity contribution in [3.63, 3.8) is 0 Å². The highest BCUT2D eigenvalue weighted by molar-refractivity contribution is 5.81. The van der Waals surface area contributed by atoms with Gasteiger partial charge in [-0.1, -0.05) is 6.92 Å². The van der Waals surface area contributed by atoms with Gasteiger partial charge in [0.25, 0.3) is 5.91 Å². The van der Waals surface area contributed by atoms with Crippen LogP contribution >= 0.6 is 0 Å². The summed E-state index contributed by atoms with van der Waals surface area (Å²) in [6.07, 6.45) is 3.08. The van der Waals surface area contributed by atoms with Crippen molar-refractivity contribution in [3.8, 4) is 0 Å². The van der Waals surface area contributed by atoms with E-state index in [9.17, 15) is 4.79 Å². The molecule has 0 aliphatic carbocycles. The van der Waals surface area contributed by atoms with Crippen LogP contribution in [0.25, 0.3) is 0 Å². The molecule has 0 saturated carbocycles. The van der Waals surface area contributed by atoms with Gasteiger partial charge in [-0.25, -0.2) is 5.06 Å². The average molecular weight is 198 g/mol. The minimum Gasteiger partial charge on any atom is -0.306 e. The zero-order valence-electron chi connectivity index (χ0n) is 8.66. The number of piperidine rings is 1. The normalized spacial score (nSPS) is 33.4. The molecule has 2 unspecified atom stereocenters. The lowest BCUT2D eigenvalue weighted by molar-refractivity contribution is -0.172. The van der Waals surface area contributed by atoms with Gasteiger partial charge in [0.15, 0.2) is 0 Å². The first-order chi connectivity index (χ1) is 6.77. The molecule has 1 amide bonds. The fourth-order valence-electron chi connectivity index (χ4n) is 2.09. The fourth-order valence-corrected chi connectivity index (χ4v) is 2.09. The van der Waals surface area contributed by atoms with E-state index in [4.69, 9.17) is 4.84 Å². The number of hydroxylamine groups is 2. The highest BCUT2D eigenvalue weighted by Gasteiger charge is 2.30. The standard InChI is InChI=1S/C10H18N2O2/c1-8-3-4-11-9(7-8)10(13)12-5-2-6-14-12/h8-9,11H,2-7H2,1H3. The van der Waals surface area contributed by atoms with Gasteiger partial charge in [0.05, 0.1) is 19.2 Å². The Morgan fingerprint density at radius 3 is 3.07 bits per heavy atom. The zero-order valence-corrected chi connectivity index (χ0v) is 8.66. The Labute approximate surface area is 84.6 Å². The van der Waals surface area contributed by atoms with Gasteiger partial charge in [0.2, 0.25) is 0 Å². The molecule has 0 radical (unpaired) electrons. The molecule has 2 fully saturated rings. The predicted octanol–water partition coefficient (Wildman–Crippen LogP) is 0.538. The van der Waals surface area contributed by atoms with E-state index in [1.165, 1.54) is 11.5 Å². The molecule has 0 aromatic heterocycles. The zero-order chi connectivity index (χ0) is 9.97. The summed E-state index contributed by atoms with van der Waals surface area (Å²) in [5.74, 6) is 0.766. The fraction of sp³-hybridized carbons (Fsp3) is 0.900. The highest BCUT2D eigenvalue weighted by Crippen LogP contribution is 2.18. The van der Waals surface area contributed by atoms with Crippen LogP contribution in [0.1, 0.15) is 26.2 Å². The second-order valence-electron chi connectivity index (χ2n) is 4.26. The molecule has 0 bridgehead atoms. The SMILES string of the molecule is CC1CCNC(C(=O)N2CCCO2)C1. The van der Waals surface area contributed by atoms with Gasteiger partial charge < -0.3 is 5.32 Å². The van der Waals surface area contributed by atoms with E-state index < -0.39 is 0 Å². The third kappa shape index (κ3) is 2.07. The molecule has 1 N–H and O–H groups in total. The number of rotatable bonds is 1. The Morgan fingerprint density at radius 2 is 2.43 bits per heavy atom. The van der Waals surface area contributed by atoms with E-state index in [-0.39, 0.29) is 11.9 Å². The molecule has 2 atom stereocenters. The van der Waals surface area contributed by atoms with Crippen molar-refractivity contribution in [1.82, 2.24) is 10.4 Å². The third-order valence-electron chi connectivity index (χ3n) is 2.96. The molecule has 14 heavy (non-hydrogen) atoms. The number of carbonyl (C=O) groups excluding carboxylic acids is 1. The van der Waals surface area contributed by atoms with Gasteiger partial charge in [0.1, 0.15) is 0 Å². The maximum Gasteiger partial charge on any atom is 0.263 e. The molecule has 4 heteroatoms. The van der Waals surface area contributed by atoms with Crippen LogP contribution in [0.15, 0.2) is 0 Å². The molecule has 4 nitrogen and oxygen atoms in total. The third-order valence-corrected chi connectivity index (χ3v) is 2.96. The second kappa shape index (κ2) is 4.28. The van der Waals surface area contributed by atoms with Gasteiger partial charge in [-0.3, -0.25) is 9.63 Å². The lowest BCUT2D eigenvalue weighted by Crippen LogP contribution is -2.48. The van der Waals surface area contributed by atoms with Crippen LogP contribution in [0, 0.1) is 5.92 Å². The van der Waals surface area contributed by atoms with E-state index in [1.54, 1.807) is 0 Å². The molecule has 2 aliphatic rings. The Morgan fingerprint density at radius 1 is 1.57 bits per heavy atom. The van der Waals surface area contributed by atoms with Gasteiger partial charge in [0, 0.05) is 0 Å². The maximum absolute atomic E-state index is 11.9. The number of hydrogen-bond acceptors (Lipinski definition) is 3. The first kappa shape index (κ1) is 9.93. The van der Waals surface area contributed by atoms with Crippen molar-refractivity contribution in [1.29, 1.82) is 0 Å². The lowest BCUT2D eigenvalue weighted by Gasteiger charge is -2.29. The van der Waals surface area contributed by atoms with Gasteiger partial charge in [-0.15, -0.1) is 0 Å². The Kier molecular flexibility index (Phi) is 3.03. The summed E-state index contributed by atoms with van der Waals surface area (Å²) in [6, 6.07) is -0.0168. The monoisotopic (exact) mass is 198 g/mol. The minimum atomic E-state index is -0.0168. The van der Waals surface area contributed by atoms with E-state index in [1.807, 2.05) is 0 Å². The number of nitrogens with zero attached hydrogens (tertiary/aromatic N) is 1. The van der Waals surface area contributed by atoms with E-state index >= 15 is 0 Å². The van der Waals surface area contributed by atoms with Crippen LogP contribution in [-0.4, -0.2) is 36.7 Å². The summed E-state index contributed by atoms with van der Waals surface area (Å²) in [5.41, 5.74) is 0. The first-order valence-electron chi connectivity index (χ1n) is 5.45. The Bertz CT molecular complexity index is 214. The molecule has 0 aromatic carbocycles. The summed E-state index contributed by atoms with van der Waals surface area (Å²) >= 11 is 0. The molecule has 2 heterocycles. The van der Waals surface area contributed by atoms with Crippen molar-refractivity contribution >= 4 is 5.91 Å². The number of amides is 1. The molecular formula is C10H18N2O2. The van der Waals surface area contributed by atoms with Crippen molar-refractivity contribution in [2.24, 2.45) is 5.92 Å². The number of nitrogens with one attached hydrogen (secondary N) is 1. The van der Waals surface area contributed by atoms with Crippen LogP contribution in [0.4, 0.5) is 0 Å². The predicted molar refractivity (Wildman–Crippen MR) is 52.5 cm³/mol. The van der Waals surface area contributed by atoms with Gasteiger partial charge in [-0.2, -0.15) is 0 Å². The number of carbonyl (C=O) groups is 1.